The van der Waals surface area contributed by atoms with Crippen molar-refractivity contribution in [3.63, 3.8) is 0 Å². The van der Waals surface area contributed by atoms with E-state index in [2.05, 4.69) is 10.2 Å². The van der Waals surface area contributed by atoms with Crippen LogP contribution in [-0.4, -0.2) is 21.9 Å². The molecule has 0 fully saturated rings. The van der Waals surface area contributed by atoms with E-state index in [0.29, 0.717) is 10.8 Å². The first-order chi connectivity index (χ1) is 12.1. The van der Waals surface area contributed by atoms with Gasteiger partial charge in [-0.05, 0) is 36.8 Å². The Balaban J connectivity index is 1.80. The highest BCUT2D eigenvalue weighted by atomic mass is 35.5. The molecule has 0 aliphatic carbocycles. The van der Waals surface area contributed by atoms with Gasteiger partial charge >= 0.3 is 0 Å². The first-order valence-electron chi connectivity index (χ1n) is 7.76. The molecule has 1 heterocycles. The van der Waals surface area contributed by atoms with E-state index < -0.39 is 0 Å². The van der Waals surface area contributed by atoms with Gasteiger partial charge in [-0.15, -0.1) is 10.2 Å². The molecule has 2 aromatic carbocycles. The summed E-state index contributed by atoms with van der Waals surface area (Å²) in [5.41, 5.74) is 1.78. The Morgan fingerprint density at radius 1 is 1.20 bits per heavy atom. The number of hydrogen-bond acceptors (Lipinski definition) is 4. The summed E-state index contributed by atoms with van der Waals surface area (Å²) >= 11 is 7.58. The molecule has 0 aliphatic rings. The molecular weight excluding hydrogens is 361 g/mol. The molecule has 0 bridgehead atoms. The maximum Gasteiger partial charge on any atom is 0.191 e. The summed E-state index contributed by atoms with van der Waals surface area (Å²) in [5.74, 6) is 1.24. The lowest BCUT2D eigenvalue weighted by Crippen LogP contribution is -2.00. The molecular formula is C18H17ClFN3OS. The first kappa shape index (κ1) is 17.8. The molecule has 0 saturated carbocycles. The van der Waals surface area contributed by atoms with Gasteiger partial charge in [0, 0.05) is 22.9 Å². The van der Waals surface area contributed by atoms with Gasteiger partial charge in [0.1, 0.15) is 0 Å². The minimum absolute atomic E-state index is 0.244. The second kappa shape index (κ2) is 7.89. The Labute approximate surface area is 155 Å². The van der Waals surface area contributed by atoms with Crippen molar-refractivity contribution in [1.29, 1.82) is 0 Å². The second-order valence-electron chi connectivity index (χ2n) is 5.32. The molecule has 25 heavy (non-hydrogen) atoms. The molecule has 7 heteroatoms. The van der Waals surface area contributed by atoms with Crippen molar-refractivity contribution in [2.75, 3.05) is 7.11 Å². The molecule has 3 aromatic rings. The molecule has 0 saturated heterocycles. The highest BCUT2D eigenvalue weighted by molar-refractivity contribution is 7.98. The fourth-order valence-electron chi connectivity index (χ4n) is 2.47. The van der Waals surface area contributed by atoms with Crippen molar-refractivity contribution in [1.82, 2.24) is 14.8 Å². The molecule has 3 rings (SSSR count). The Hall–Kier alpha value is -2.05. The van der Waals surface area contributed by atoms with Crippen molar-refractivity contribution >= 4 is 23.4 Å². The normalized spacial score (nSPS) is 10.9. The van der Waals surface area contributed by atoms with Gasteiger partial charge in [0.05, 0.1) is 7.11 Å². The topological polar surface area (TPSA) is 39.9 Å². The summed E-state index contributed by atoms with van der Waals surface area (Å²) in [4.78, 5) is 0. The Morgan fingerprint density at radius 3 is 2.72 bits per heavy atom. The third-order valence-corrected chi connectivity index (χ3v) is 4.97. The monoisotopic (exact) mass is 377 g/mol. The molecule has 1 aromatic heterocycles. The summed E-state index contributed by atoms with van der Waals surface area (Å²) in [5, 5.41) is 10.0. The van der Waals surface area contributed by atoms with Crippen LogP contribution < -0.4 is 4.74 Å². The molecule has 0 atom stereocenters. The fourth-order valence-corrected chi connectivity index (χ4v) is 3.60. The minimum Gasteiger partial charge on any atom is -0.494 e. The maximum absolute atomic E-state index is 13.8. The quantitative estimate of drug-likeness (QED) is 0.563. The molecule has 130 valence electrons. The van der Waals surface area contributed by atoms with Gasteiger partial charge in [0.25, 0.3) is 0 Å². The third-order valence-electron chi connectivity index (χ3n) is 3.70. The Morgan fingerprint density at radius 2 is 2.04 bits per heavy atom. The van der Waals surface area contributed by atoms with Crippen LogP contribution in [0.4, 0.5) is 4.39 Å². The molecule has 4 nitrogen and oxygen atoms in total. The predicted molar refractivity (Wildman–Crippen MR) is 98.7 cm³/mol. The van der Waals surface area contributed by atoms with Crippen LogP contribution in [0.3, 0.4) is 0 Å². The SMILES string of the molecule is CCn1c(SCc2ccc(OC)c(F)c2)nnc1-c1cccc(Cl)c1. The van der Waals surface area contributed by atoms with Crippen LogP contribution in [0.2, 0.25) is 5.02 Å². The van der Waals surface area contributed by atoms with Gasteiger partial charge in [-0.1, -0.05) is 41.6 Å². The van der Waals surface area contributed by atoms with Gasteiger partial charge in [-0.25, -0.2) is 4.39 Å². The van der Waals surface area contributed by atoms with Crippen LogP contribution in [0.5, 0.6) is 5.75 Å². The van der Waals surface area contributed by atoms with Gasteiger partial charge in [-0.3, -0.25) is 0 Å². The predicted octanol–water partition coefficient (Wildman–Crippen LogP) is 5.06. The van der Waals surface area contributed by atoms with E-state index >= 15 is 0 Å². The number of rotatable bonds is 6. The summed E-state index contributed by atoms with van der Waals surface area (Å²) in [7, 11) is 1.45. The average Bonchev–Trinajstić information content (AvgIpc) is 3.03. The summed E-state index contributed by atoms with van der Waals surface area (Å²) in [6.07, 6.45) is 0. The van der Waals surface area contributed by atoms with E-state index in [1.807, 2.05) is 41.8 Å². The molecule has 0 amide bonds. The van der Waals surface area contributed by atoms with E-state index in [-0.39, 0.29) is 11.6 Å². The van der Waals surface area contributed by atoms with Crippen LogP contribution in [0.25, 0.3) is 11.4 Å². The Kier molecular flexibility index (Phi) is 5.60. The highest BCUT2D eigenvalue weighted by Gasteiger charge is 2.14. The minimum atomic E-state index is -0.364. The molecule has 0 N–H and O–H groups in total. The highest BCUT2D eigenvalue weighted by Crippen LogP contribution is 2.28. The van der Waals surface area contributed by atoms with E-state index in [1.54, 1.807) is 6.07 Å². The number of thioether (sulfide) groups is 1. The van der Waals surface area contributed by atoms with Crippen LogP contribution in [0.15, 0.2) is 47.6 Å². The standard InChI is InChI=1S/C18H17ClFN3OS/c1-3-23-17(13-5-4-6-14(19)10-13)21-22-18(23)25-11-12-7-8-16(24-2)15(20)9-12/h4-10H,3,11H2,1-2H3. The van der Waals surface area contributed by atoms with E-state index in [0.717, 1.165) is 28.7 Å². The van der Waals surface area contributed by atoms with Gasteiger partial charge in [0.15, 0.2) is 22.5 Å². The van der Waals surface area contributed by atoms with Crippen molar-refractivity contribution in [2.45, 2.75) is 24.4 Å². The summed E-state index contributed by atoms with van der Waals surface area (Å²) in [6.45, 7) is 2.77. The van der Waals surface area contributed by atoms with Gasteiger partial charge < -0.3 is 9.30 Å². The lowest BCUT2D eigenvalue weighted by atomic mass is 10.2. The number of benzene rings is 2. The van der Waals surface area contributed by atoms with Crippen LogP contribution in [0, 0.1) is 5.82 Å². The average molecular weight is 378 g/mol. The molecule has 0 radical (unpaired) electrons. The van der Waals surface area contributed by atoms with Crippen LogP contribution in [0.1, 0.15) is 12.5 Å². The number of aromatic nitrogens is 3. The van der Waals surface area contributed by atoms with Crippen molar-refractivity contribution in [2.24, 2.45) is 0 Å². The largest absolute Gasteiger partial charge is 0.494 e. The van der Waals surface area contributed by atoms with Crippen LogP contribution >= 0.6 is 23.4 Å². The van der Waals surface area contributed by atoms with Gasteiger partial charge in [0.2, 0.25) is 0 Å². The number of ether oxygens (including phenoxy) is 1. The van der Waals surface area contributed by atoms with E-state index in [1.165, 1.54) is 24.9 Å². The maximum atomic E-state index is 13.8. The zero-order valence-corrected chi connectivity index (χ0v) is 15.4. The van der Waals surface area contributed by atoms with Gasteiger partial charge in [-0.2, -0.15) is 0 Å². The van der Waals surface area contributed by atoms with E-state index in [9.17, 15) is 4.39 Å². The van der Waals surface area contributed by atoms with Crippen molar-refractivity contribution < 1.29 is 9.13 Å². The van der Waals surface area contributed by atoms with Crippen molar-refractivity contribution in [3.8, 4) is 17.1 Å². The zero-order valence-electron chi connectivity index (χ0n) is 13.9. The molecule has 0 aliphatic heterocycles. The summed E-state index contributed by atoms with van der Waals surface area (Å²) in [6, 6.07) is 12.5. The number of methoxy groups -OCH3 is 1. The zero-order chi connectivity index (χ0) is 17.8. The summed E-state index contributed by atoms with van der Waals surface area (Å²) < 4.78 is 20.8. The number of halogens is 2. The lowest BCUT2D eigenvalue weighted by molar-refractivity contribution is 0.386. The molecule has 0 unspecified atom stereocenters. The number of nitrogens with zero attached hydrogens (tertiary/aromatic N) is 3. The Bertz CT molecular complexity index is 885. The third kappa shape index (κ3) is 3.96. The van der Waals surface area contributed by atoms with Crippen molar-refractivity contribution in [3.05, 3.63) is 58.9 Å². The second-order valence-corrected chi connectivity index (χ2v) is 6.70. The molecule has 0 spiro atoms. The number of hydrogen-bond donors (Lipinski definition) is 0. The lowest BCUT2D eigenvalue weighted by Gasteiger charge is -2.08. The van der Waals surface area contributed by atoms with Crippen LogP contribution in [-0.2, 0) is 12.3 Å². The smallest absolute Gasteiger partial charge is 0.191 e. The fraction of sp³-hybridized carbons (Fsp3) is 0.222. The van der Waals surface area contributed by atoms with E-state index in [4.69, 9.17) is 16.3 Å². The first-order valence-corrected chi connectivity index (χ1v) is 9.13.